The lowest BCUT2D eigenvalue weighted by atomic mass is 10.1. The molecule has 2 nitrogen and oxygen atoms in total. The molecule has 0 aliphatic carbocycles. The van der Waals surface area contributed by atoms with Crippen LogP contribution in [-0.4, -0.2) is 17.1 Å². The number of hydrogen-bond donors (Lipinski definition) is 2. The first-order valence-electron chi connectivity index (χ1n) is 6.46. The van der Waals surface area contributed by atoms with Crippen LogP contribution in [-0.2, 0) is 6.42 Å². The fourth-order valence-electron chi connectivity index (χ4n) is 2.11. The van der Waals surface area contributed by atoms with Crippen LogP contribution in [0.4, 0.5) is 4.39 Å². The molecule has 1 aromatic heterocycles. The Labute approximate surface area is 108 Å². The molecule has 1 aromatic carbocycles. The third-order valence-corrected chi connectivity index (χ3v) is 3.01. The molecule has 0 unspecified atom stereocenters. The maximum atomic E-state index is 13.1. The Balaban J connectivity index is 1.96. The van der Waals surface area contributed by atoms with Gasteiger partial charge in [0.2, 0.25) is 0 Å². The minimum absolute atomic E-state index is 0.170. The smallest absolute Gasteiger partial charge is 0.125 e. The summed E-state index contributed by atoms with van der Waals surface area (Å²) in [5.41, 5.74) is 2.32. The summed E-state index contributed by atoms with van der Waals surface area (Å²) in [7, 11) is 0. The summed E-state index contributed by atoms with van der Waals surface area (Å²) in [6.07, 6.45) is 4.08. The van der Waals surface area contributed by atoms with Crippen LogP contribution in [0.3, 0.4) is 0 Å². The fraction of sp³-hybridized carbons (Fsp3) is 0.467. The molecule has 2 rings (SSSR count). The number of H-pyrrole nitrogens is 1. The Bertz CT molecular complexity index is 523. The Hall–Kier alpha value is -1.35. The molecule has 0 bridgehead atoms. The molecule has 0 aliphatic heterocycles. The lowest BCUT2D eigenvalue weighted by Gasteiger charge is -2.20. The first-order valence-corrected chi connectivity index (χ1v) is 6.46. The van der Waals surface area contributed by atoms with Gasteiger partial charge in [0.25, 0.3) is 0 Å². The van der Waals surface area contributed by atoms with Crippen LogP contribution in [0.1, 0.15) is 32.8 Å². The van der Waals surface area contributed by atoms with Crippen molar-refractivity contribution in [2.45, 2.75) is 39.2 Å². The van der Waals surface area contributed by atoms with Crippen LogP contribution in [0.5, 0.6) is 0 Å². The van der Waals surface area contributed by atoms with E-state index in [0.717, 1.165) is 30.3 Å². The van der Waals surface area contributed by atoms with Gasteiger partial charge in [-0.15, -0.1) is 0 Å². The number of rotatable bonds is 4. The Kier molecular flexibility index (Phi) is 3.71. The van der Waals surface area contributed by atoms with E-state index in [-0.39, 0.29) is 11.4 Å². The van der Waals surface area contributed by atoms with Gasteiger partial charge < -0.3 is 10.3 Å². The number of fused-ring (bicyclic) bond motifs is 1. The molecule has 0 atom stereocenters. The standard InChI is InChI=1S/C15H21FN2/c1-15(2,3)18-8-4-5-11-10-17-14-9-12(16)6-7-13(11)14/h6-7,9-10,17-18H,4-5,8H2,1-3H3. The summed E-state index contributed by atoms with van der Waals surface area (Å²) in [4.78, 5) is 3.13. The van der Waals surface area contributed by atoms with Crippen LogP contribution in [0.15, 0.2) is 24.4 Å². The van der Waals surface area contributed by atoms with Gasteiger partial charge in [0, 0.05) is 22.6 Å². The predicted molar refractivity (Wildman–Crippen MR) is 74.3 cm³/mol. The zero-order chi connectivity index (χ0) is 13.2. The predicted octanol–water partition coefficient (Wildman–Crippen LogP) is 3.63. The van der Waals surface area contributed by atoms with Crippen molar-refractivity contribution in [1.82, 2.24) is 10.3 Å². The molecule has 2 aromatic rings. The molecule has 0 fully saturated rings. The first kappa shape index (κ1) is 13.1. The first-order chi connectivity index (χ1) is 8.46. The molecular weight excluding hydrogens is 227 g/mol. The van der Waals surface area contributed by atoms with E-state index in [4.69, 9.17) is 0 Å². The topological polar surface area (TPSA) is 27.8 Å². The molecule has 0 spiro atoms. The lowest BCUT2D eigenvalue weighted by Crippen LogP contribution is -2.36. The number of halogens is 1. The van der Waals surface area contributed by atoms with Crippen LogP contribution in [0.25, 0.3) is 10.9 Å². The lowest BCUT2D eigenvalue weighted by molar-refractivity contribution is 0.422. The number of benzene rings is 1. The van der Waals surface area contributed by atoms with Crippen LogP contribution < -0.4 is 5.32 Å². The van der Waals surface area contributed by atoms with Crippen LogP contribution >= 0.6 is 0 Å². The average molecular weight is 248 g/mol. The van der Waals surface area contributed by atoms with Crippen molar-refractivity contribution in [3.8, 4) is 0 Å². The second-order valence-electron chi connectivity index (χ2n) is 5.78. The molecule has 3 heteroatoms. The number of aromatic nitrogens is 1. The second kappa shape index (κ2) is 5.11. The summed E-state index contributed by atoms with van der Waals surface area (Å²) in [6, 6.07) is 4.92. The van der Waals surface area contributed by atoms with Gasteiger partial charge in [-0.25, -0.2) is 4.39 Å². The van der Waals surface area contributed by atoms with Gasteiger partial charge in [-0.05, 0) is 63.9 Å². The number of aryl methyl sites for hydroxylation is 1. The number of aromatic amines is 1. The average Bonchev–Trinajstić information content (AvgIpc) is 2.65. The van der Waals surface area contributed by atoms with Crippen LogP contribution in [0, 0.1) is 5.82 Å². The highest BCUT2D eigenvalue weighted by Gasteiger charge is 2.08. The summed E-state index contributed by atoms with van der Waals surface area (Å²) in [5.74, 6) is -0.190. The second-order valence-corrected chi connectivity index (χ2v) is 5.78. The van der Waals surface area contributed by atoms with Gasteiger partial charge in [0.1, 0.15) is 5.82 Å². The molecule has 0 radical (unpaired) electrons. The van der Waals surface area contributed by atoms with Crippen molar-refractivity contribution in [2.24, 2.45) is 0 Å². The quantitative estimate of drug-likeness (QED) is 0.794. The third kappa shape index (κ3) is 3.33. The minimum atomic E-state index is -0.190. The van der Waals surface area contributed by atoms with E-state index < -0.39 is 0 Å². The van der Waals surface area contributed by atoms with E-state index in [9.17, 15) is 4.39 Å². The van der Waals surface area contributed by atoms with Crippen molar-refractivity contribution >= 4 is 10.9 Å². The van der Waals surface area contributed by atoms with Gasteiger partial charge in [0.15, 0.2) is 0 Å². The van der Waals surface area contributed by atoms with Crippen molar-refractivity contribution in [1.29, 1.82) is 0 Å². The molecule has 18 heavy (non-hydrogen) atoms. The molecular formula is C15H21FN2. The molecule has 2 N–H and O–H groups in total. The van der Waals surface area contributed by atoms with Gasteiger partial charge in [-0.2, -0.15) is 0 Å². The molecule has 0 amide bonds. The maximum absolute atomic E-state index is 13.1. The summed E-state index contributed by atoms with van der Waals surface area (Å²) >= 11 is 0. The van der Waals surface area contributed by atoms with E-state index in [1.807, 2.05) is 12.3 Å². The van der Waals surface area contributed by atoms with E-state index in [2.05, 4.69) is 31.1 Å². The van der Waals surface area contributed by atoms with Crippen molar-refractivity contribution in [2.75, 3.05) is 6.54 Å². The Morgan fingerprint density at radius 3 is 2.78 bits per heavy atom. The van der Waals surface area contributed by atoms with E-state index in [1.165, 1.54) is 11.6 Å². The third-order valence-electron chi connectivity index (χ3n) is 3.01. The monoisotopic (exact) mass is 248 g/mol. The van der Waals surface area contributed by atoms with Crippen molar-refractivity contribution in [3.05, 3.63) is 35.8 Å². The zero-order valence-corrected chi connectivity index (χ0v) is 11.3. The fourth-order valence-corrected chi connectivity index (χ4v) is 2.11. The normalized spacial score (nSPS) is 12.2. The van der Waals surface area contributed by atoms with E-state index in [1.54, 1.807) is 6.07 Å². The van der Waals surface area contributed by atoms with Crippen molar-refractivity contribution in [3.63, 3.8) is 0 Å². The molecule has 0 aliphatic rings. The summed E-state index contributed by atoms with van der Waals surface area (Å²) in [6.45, 7) is 7.50. The highest BCUT2D eigenvalue weighted by atomic mass is 19.1. The highest BCUT2D eigenvalue weighted by Crippen LogP contribution is 2.20. The van der Waals surface area contributed by atoms with E-state index >= 15 is 0 Å². The molecule has 0 saturated heterocycles. The van der Waals surface area contributed by atoms with Crippen molar-refractivity contribution < 1.29 is 4.39 Å². The summed E-state index contributed by atoms with van der Waals surface area (Å²) in [5, 5.41) is 4.60. The van der Waals surface area contributed by atoms with Gasteiger partial charge >= 0.3 is 0 Å². The minimum Gasteiger partial charge on any atom is -0.361 e. The zero-order valence-electron chi connectivity index (χ0n) is 11.3. The number of nitrogens with one attached hydrogen (secondary N) is 2. The van der Waals surface area contributed by atoms with Gasteiger partial charge in [0.05, 0.1) is 0 Å². The van der Waals surface area contributed by atoms with Gasteiger partial charge in [-0.1, -0.05) is 0 Å². The molecule has 1 heterocycles. The SMILES string of the molecule is CC(C)(C)NCCCc1c[nH]c2cc(F)ccc12. The number of hydrogen-bond acceptors (Lipinski definition) is 1. The van der Waals surface area contributed by atoms with E-state index in [0.29, 0.717) is 0 Å². The maximum Gasteiger partial charge on any atom is 0.125 e. The Morgan fingerprint density at radius 2 is 2.06 bits per heavy atom. The summed E-state index contributed by atoms with van der Waals surface area (Å²) < 4.78 is 13.1. The van der Waals surface area contributed by atoms with Crippen LogP contribution in [0.2, 0.25) is 0 Å². The Morgan fingerprint density at radius 1 is 1.28 bits per heavy atom. The van der Waals surface area contributed by atoms with Gasteiger partial charge in [-0.3, -0.25) is 0 Å². The largest absolute Gasteiger partial charge is 0.361 e. The highest BCUT2D eigenvalue weighted by molar-refractivity contribution is 5.83. The molecule has 0 saturated carbocycles. The molecule has 98 valence electrons.